The van der Waals surface area contributed by atoms with Gasteiger partial charge in [-0.1, -0.05) is 114 Å². The molecule has 0 amide bonds. The highest BCUT2D eigenvalue weighted by Gasteiger charge is 2.32. The van der Waals surface area contributed by atoms with E-state index in [-0.39, 0.29) is 0 Å². The minimum absolute atomic E-state index is 1.02. The maximum atomic E-state index is 2.51. The first kappa shape index (κ1) is 41.1. The van der Waals surface area contributed by atoms with E-state index in [1.807, 2.05) is 0 Å². The van der Waals surface area contributed by atoms with Crippen LogP contribution < -0.4 is 29.4 Å². The molecule has 0 spiro atoms. The highest BCUT2D eigenvalue weighted by Crippen LogP contribution is 2.41. The van der Waals surface area contributed by atoms with Gasteiger partial charge in [0.1, 0.15) is 0 Å². The summed E-state index contributed by atoms with van der Waals surface area (Å²) in [5.74, 6) is 0. The molecule has 6 aliphatic rings. The Morgan fingerprint density at radius 1 is 0.254 bits per heavy atom. The van der Waals surface area contributed by atoms with Crippen molar-refractivity contribution in [3.63, 3.8) is 0 Å². The van der Waals surface area contributed by atoms with Crippen LogP contribution in [-0.2, 0) is 77.8 Å². The summed E-state index contributed by atoms with van der Waals surface area (Å²) in [4.78, 5) is 15.1. The minimum Gasteiger partial charge on any atom is -0.349 e. The van der Waals surface area contributed by atoms with E-state index >= 15 is 0 Å². The van der Waals surface area contributed by atoms with Crippen molar-refractivity contribution in [2.24, 2.45) is 0 Å². The molecule has 12 rings (SSSR count). The zero-order valence-corrected chi connectivity index (χ0v) is 38.7. The maximum Gasteiger partial charge on any atom is 0.0910 e. The van der Waals surface area contributed by atoms with Gasteiger partial charge in [-0.05, 0) is 142 Å². The summed E-state index contributed by atoms with van der Waals surface area (Å²) in [6.45, 7) is 22.7. The predicted molar refractivity (Wildman–Crippen MR) is 267 cm³/mol. The van der Waals surface area contributed by atoms with Crippen molar-refractivity contribution >= 4 is 34.1 Å². The number of fused-ring (bicyclic) bond motifs is 18. The monoisotopic (exact) mass is 835 g/mol. The van der Waals surface area contributed by atoms with Crippen LogP contribution in [-0.4, -0.2) is 20.0 Å². The molecule has 0 atom stereocenters. The average Bonchev–Trinajstić information content (AvgIpc) is 3.33. The van der Waals surface area contributed by atoms with Crippen LogP contribution in [0.15, 0.2) is 109 Å². The fraction of sp³-hybridized carbons (Fsp3) is 0.368. The van der Waals surface area contributed by atoms with Crippen molar-refractivity contribution in [2.75, 3.05) is 49.4 Å². The second-order valence-corrected chi connectivity index (χ2v) is 18.5. The van der Waals surface area contributed by atoms with Gasteiger partial charge in [-0.3, -0.25) is 0 Å². The Bertz CT molecular complexity index is 2180. The van der Waals surface area contributed by atoms with Crippen molar-refractivity contribution in [3.8, 4) is 0 Å². The molecule has 0 radical (unpaired) electrons. The van der Waals surface area contributed by atoms with Crippen molar-refractivity contribution < 1.29 is 0 Å². The second kappa shape index (κ2) is 17.4. The fourth-order valence-corrected chi connectivity index (χ4v) is 10.9. The SMILES string of the molecule is CCc1ccc2c(c1)CN1CN2Cc2cc(CC)ccc21.CCc1ccc2c(c1)CN1CN2Cc2cc(CC)ccc21.CCc1ccc2c(c1)CN1CN2Cc2cc(CC)ccc21. The lowest BCUT2D eigenvalue weighted by Crippen LogP contribution is -2.46. The second-order valence-electron chi connectivity index (χ2n) is 18.5. The summed E-state index contributed by atoms with van der Waals surface area (Å²) in [7, 11) is 0. The molecule has 0 aliphatic carbocycles. The highest BCUT2D eigenvalue weighted by molar-refractivity contribution is 5.71. The zero-order chi connectivity index (χ0) is 43.2. The summed E-state index contributed by atoms with van der Waals surface area (Å²) in [6.07, 6.45) is 6.69. The molecule has 6 heterocycles. The molecule has 0 fully saturated rings. The van der Waals surface area contributed by atoms with Crippen LogP contribution in [0.2, 0.25) is 0 Å². The predicted octanol–water partition coefficient (Wildman–Crippen LogP) is 12.3. The summed E-state index contributed by atoms with van der Waals surface area (Å²) < 4.78 is 0. The molecule has 6 aromatic carbocycles. The molecule has 6 heteroatoms. The molecule has 63 heavy (non-hydrogen) atoms. The molecule has 0 N–H and O–H groups in total. The van der Waals surface area contributed by atoms with E-state index in [9.17, 15) is 0 Å². The number of hydrogen-bond donors (Lipinski definition) is 0. The lowest BCUT2D eigenvalue weighted by molar-refractivity contribution is 0.649. The quantitative estimate of drug-likeness (QED) is 0.165. The first-order chi connectivity index (χ1) is 30.8. The van der Waals surface area contributed by atoms with E-state index in [2.05, 4.69) is 180 Å². The largest absolute Gasteiger partial charge is 0.349 e. The van der Waals surface area contributed by atoms with Gasteiger partial charge < -0.3 is 29.4 Å². The molecular formula is C57H66N6. The lowest BCUT2D eigenvalue weighted by atomic mass is 9.98. The lowest BCUT2D eigenvalue weighted by Gasteiger charge is -2.45. The molecule has 6 aromatic rings. The standard InChI is InChI=1S/3C19H22N2/c3*1-3-14-5-7-18-16(9-14)11-20-13-21(18)12-17-10-15(4-2)6-8-19(17)20/h3*5-10H,3-4,11-13H2,1-2H3. The van der Waals surface area contributed by atoms with Crippen molar-refractivity contribution in [1.29, 1.82) is 0 Å². The molecule has 6 bridgehead atoms. The third-order valence-corrected chi connectivity index (χ3v) is 14.5. The van der Waals surface area contributed by atoms with Gasteiger partial charge in [0.05, 0.1) is 20.0 Å². The smallest absolute Gasteiger partial charge is 0.0910 e. The maximum absolute atomic E-state index is 2.51. The first-order valence-corrected chi connectivity index (χ1v) is 24.0. The molecule has 6 nitrogen and oxygen atoms in total. The Hall–Kier alpha value is -5.88. The van der Waals surface area contributed by atoms with Crippen molar-refractivity contribution in [2.45, 2.75) is 119 Å². The summed E-state index contributed by atoms with van der Waals surface area (Å²) in [6, 6.07) is 42.0. The van der Waals surface area contributed by atoms with Crippen LogP contribution >= 0.6 is 0 Å². The molecule has 324 valence electrons. The van der Waals surface area contributed by atoms with E-state index in [0.29, 0.717) is 0 Å². The molecule has 0 aromatic heterocycles. The van der Waals surface area contributed by atoms with E-state index in [1.165, 1.54) is 101 Å². The Morgan fingerprint density at radius 3 is 0.556 bits per heavy atom. The molecule has 0 saturated carbocycles. The van der Waals surface area contributed by atoms with Gasteiger partial charge in [-0.25, -0.2) is 0 Å². The first-order valence-electron chi connectivity index (χ1n) is 24.0. The van der Waals surface area contributed by atoms with Crippen LogP contribution in [0.5, 0.6) is 0 Å². The van der Waals surface area contributed by atoms with E-state index in [4.69, 9.17) is 0 Å². The number of anilines is 6. The zero-order valence-electron chi connectivity index (χ0n) is 38.7. The number of nitrogens with zero attached hydrogens (tertiary/aromatic N) is 6. The number of benzene rings is 6. The normalized spacial score (nSPS) is 15.7. The molecule has 6 aliphatic heterocycles. The molecular weight excluding hydrogens is 769 g/mol. The van der Waals surface area contributed by atoms with Gasteiger partial charge >= 0.3 is 0 Å². The van der Waals surface area contributed by atoms with Crippen LogP contribution in [0.4, 0.5) is 34.1 Å². The summed E-state index contributed by atoms with van der Waals surface area (Å²) in [5.41, 5.74) is 26.1. The summed E-state index contributed by atoms with van der Waals surface area (Å²) >= 11 is 0. The topological polar surface area (TPSA) is 19.4 Å². The number of rotatable bonds is 6. The van der Waals surface area contributed by atoms with Gasteiger partial charge in [-0.2, -0.15) is 0 Å². The van der Waals surface area contributed by atoms with Crippen molar-refractivity contribution in [3.05, 3.63) is 176 Å². The highest BCUT2D eigenvalue weighted by atomic mass is 15.4. The van der Waals surface area contributed by atoms with Crippen molar-refractivity contribution in [1.82, 2.24) is 0 Å². The Balaban J connectivity index is 0.000000112. The Morgan fingerprint density at radius 2 is 0.413 bits per heavy atom. The Labute approximate surface area is 377 Å². The number of hydrogen-bond acceptors (Lipinski definition) is 6. The third kappa shape index (κ3) is 7.91. The third-order valence-electron chi connectivity index (χ3n) is 14.5. The van der Waals surface area contributed by atoms with Gasteiger partial charge in [0, 0.05) is 73.4 Å². The van der Waals surface area contributed by atoms with Gasteiger partial charge in [0.2, 0.25) is 0 Å². The van der Waals surface area contributed by atoms with Crippen LogP contribution in [0.3, 0.4) is 0 Å². The number of aryl methyl sites for hydroxylation is 6. The van der Waals surface area contributed by atoms with Crippen LogP contribution in [0.25, 0.3) is 0 Å². The Kier molecular flexibility index (Phi) is 11.3. The summed E-state index contributed by atoms with van der Waals surface area (Å²) in [5, 5.41) is 0. The van der Waals surface area contributed by atoms with Crippen LogP contribution in [0.1, 0.15) is 108 Å². The van der Waals surface area contributed by atoms with E-state index in [1.54, 1.807) is 0 Å². The van der Waals surface area contributed by atoms with Gasteiger partial charge in [0.15, 0.2) is 0 Å². The average molecular weight is 835 g/mol. The molecule has 0 unspecified atom stereocenters. The molecule has 0 saturated heterocycles. The fourth-order valence-electron chi connectivity index (χ4n) is 10.9. The van der Waals surface area contributed by atoms with E-state index in [0.717, 1.165) is 97.8 Å². The van der Waals surface area contributed by atoms with Gasteiger partial charge in [0.25, 0.3) is 0 Å². The minimum atomic E-state index is 1.02. The van der Waals surface area contributed by atoms with Gasteiger partial charge in [-0.15, -0.1) is 0 Å². The van der Waals surface area contributed by atoms with Crippen LogP contribution in [0, 0.1) is 0 Å². The van der Waals surface area contributed by atoms with E-state index < -0.39 is 0 Å².